The summed E-state index contributed by atoms with van der Waals surface area (Å²) in [7, 11) is -3.11. The molecule has 0 fully saturated rings. The summed E-state index contributed by atoms with van der Waals surface area (Å²) in [6.07, 6.45) is 2.35. The lowest BCUT2D eigenvalue weighted by Gasteiger charge is -2.31. The molecular formula is C15H23NO2S. The van der Waals surface area contributed by atoms with Crippen LogP contribution in [0.15, 0.2) is 24.3 Å². The molecule has 1 aliphatic carbocycles. The molecule has 0 radical (unpaired) electrons. The normalized spacial score (nSPS) is 24.8. The summed E-state index contributed by atoms with van der Waals surface area (Å²) in [5.74, 6) is 0.457. The van der Waals surface area contributed by atoms with Crippen molar-refractivity contribution in [3.63, 3.8) is 0 Å². The smallest absolute Gasteiger partial charge is 0.155 e. The average Bonchev–Trinajstić information content (AvgIpc) is 2.38. The molecule has 2 N–H and O–H groups in total. The molecule has 0 amide bonds. The highest BCUT2D eigenvalue weighted by molar-refractivity contribution is 7.92. The van der Waals surface area contributed by atoms with Crippen molar-refractivity contribution in [3.8, 4) is 0 Å². The maximum atomic E-state index is 12.5. The first-order valence-electron chi connectivity index (χ1n) is 7.00. The molecule has 106 valence electrons. The van der Waals surface area contributed by atoms with Crippen LogP contribution < -0.4 is 5.73 Å². The third-order valence-corrected chi connectivity index (χ3v) is 6.67. The second-order valence-corrected chi connectivity index (χ2v) is 7.91. The van der Waals surface area contributed by atoms with Crippen molar-refractivity contribution in [1.29, 1.82) is 0 Å². The van der Waals surface area contributed by atoms with E-state index in [2.05, 4.69) is 0 Å². The minimum absolute atomic E-state index is 0.203. The van der Waals surface area contributed by atoms with Crippen molar-refractivity contribution in [1.82, 2.24) is 0 Å². The van der Waals surface area contributed by atoms with Crippen LogP contribution in [0, 0.1) is 5.92 Å². The predicted octanol–water partition coefficient (Wildman–Crippen LogP) is 2.46. The van der Waals surface area contributed by atoms with Gasteiger partial charge in [-0.25, -0.2) is 8.42 Å². The van der Waals surface area contributed by atoms with Crippen LogP contribution in [-0.4, -0.2) is 19.4 Å². The molecule has 0 saturated carbocycles. The second kappa shape index (κ2) is 5.63. The summed E-state index contributed by atoms with van der Waals surface area (Å²) in [4.78, 5) is 0. The quantitative estimate of drug-likeness (QED) is 0.922. The fourth-order valence-corrected chi connectivity index (χ4v) is 5.15. The number of benzene rings is 1. The van der Waals surface area contributed by atoms with Gasteiger partial charge >= 0.3 is 0 Å². The molecule has 19 heavy (non-hydrogen) atoms. The predicted molar refractivity (Wildman–Crippen MR) is 78.7 cm³/mol. The first-order chi connectivity index (χ1) is 8.95. The van der Waals surface area contributed by atoms with E-state index in [-0.39, 0.29) is 17.7 Å². The van der Waals surface area contributed by atoms with Crippen molar-refractivity contribution in [3.05, 3.63) is 35.4 Å². The van der Waals surface area contributed by atoms with Crippen molar-refractivity contribution in [2.45, 2.75) is 44.4 Å². The van der Waals surface area contributed by atoms with Gasteiger partial charge in [0, 0.05) is 6.04 Å². The average molecular weight is 281 g/mol. The van der Waals surface area contributed by atoms with Gasteiger partial charge in [-0.1, -0.05) is 44.5 Å². The molecule has 3 atom stereocenters. The van der Waals surface area contributed by atoms with Crippen LogP contribution in [0.2, 0.25) is 0 Å². The van der Waals surface area contributed by atoms with Crippen LogP contribution in [0.5, 0.6) is 0 Å². The van der Waals surface area contributed by atoms with Gasteiger partial charge in [0.25, 0.3) is 0 Å². The Morgan fingerprint density at radius 1 is 1.37 bits per heavy atom. The van der Waals surface area contributed by atoms with Gasteiger partial charge < -0.3 is 5.73 Å². The van der Waals surface area contributed by atoms with Gasteiger partial charge in [0.2, 0.25) is 0 Å². The minimum Gasteiger partial charge on any atom is -0.323 e. The van der Waals surface area contributed by atoms with E-state index in [1.165, 1.54) is 5.56 Å². The topological polar surface area (TPSA) is 60.2 Å². The van der Waals surface area contributed by atoms with Gasteiger partial charge in [-0.05, 0) is 29.9 Å². The number of fused-ring (bicyclic) bond motifs is 1. The molecule has 4 heteroatoms. The van der Waals surface area contributed by atoms with Crippen LogP contribution in [0.25, 0.3) is 0 Å². The van der Waals surface area contributed by atoms with E-state index in [0.29, 0.717) is 6.42 Å². The summed E-state index contributed by atoms with van der Waals surface area (Å²) in [6, 6.07) is 7.55. The van der Waals surface area contributed by atoms with Crippen LogP contribution in [0.4, 0.5) is 0 Å². The lowest BCUT2D eigenvalue weighted by molar-refractivity contribution is 0.507. The van der Waals surface area contributed by atoms with E-state index < -0.39 is 15.1 Å². The summed E-state index contributed by atoms with van der Waals surface area (Å²) in [5, 5.41) is -0.420. The zero-order chi connectivity index (χ0) is 14.0. The maximum absolute atomic E-state index is 12.5. The highest BCUT2D eigenvalue weighted by Gasteiger charge is 2.36. The highest BCUT2D eigenvalue weighted by Crippen LogP contribution is 2.33. The summed E-state index contributed by atoms with van der Waals surface area (Å²) in [5.41, 5.74) is 8.42. The molecule has 0 aliphatic heterocycles. The zero-order valence-corrected chi connectivity index (χ0v) is 12.5. The third-order valence-electron chi connectivity index (χ3n) is 4.19. The van der Waals surface area contributed by atoms with Gasteiger partial charge in [-0.3, -0.25) is 0 Å². The standard InChI is InChI=1S/C15H23NO2S/c1-3-11(2)10-19(17,18)14-9-8-12-6-4-5-7-13(12)15(14)16/h4-7,11,14-15H,3,8-10,16H2,1-2H3. The Morgan fingerprint density at radius 3 is 2.74 bits per heavy atom. The van der Waals surface area contributed by atoms with Crippen LogP contribution in [-0.2, 0) is 16.3 Å². The molecule has 1 aliphatic rings. The fraction of sp³-hybridized carbons (Fsp3) is 0.600. The Balaban J connectivity index is 2.24. The molecule has 0 saturated heterocycles. The second-order valence-electron chi connectivity index (χ2n) is 5.64. The third kappa shape index (κ3) is 3.00. The maximum Gasteiger partial charge on any atom is 0.155 e. The monoisotopic (exact) mass is 281 g/mol. The first kappa shape index (κ1) is 14.5. The molecule has 2 rings (SSSR count). The summed E-state index contributed by atoms with van der Waals surface area (Å²) < 4.78 is 25.0. The minimum atomic E-state index is -3.11. The molecule has 0 heterocycles. The molecule has 1 aromatic carbocycles. The van der Waals surface area contributed by atoms with Crippen LogP contribution in [0.3, 0.4) is 0 Å². The summed E-state index contributed by atoms with van der Waals surface area (Å²) >= 11 is 0. The van der Waals surface area contributed by atoms with Gasteiger partial charge in [-0.2, -0.15) is 0 Å². The lowest BCUT2D eigenvalue weighted by Crippen LogP contribution is -2.39. The number of aryl methyl sites for hydroxylation is 1. The molecular weight excluding hydrogens is 258 g/mol. The SMILES string of the molecule is CCC(C)CS(=O)(=O)C1CCc2ccccc2C1N. The largest absolute Gasteiger partial charge is 0.323 e. The molecule has 0 bridgehead atoms. The van der Waals surface area contributed by atoms with E-state index >= 15 is 0 Å². The van der Waals surface area contributed by atoms with Crippen LogP contribution >= 0.6 is 0 Å². The van der Waals surface area contributed by atoms with Gasteiger partial charge in [0.05, 0.1) is 11.0 Å². The molecule has 3 unspecified atom stereocenters. The van der Waals surface area contributed by atoms with Crippen molar-refractivity contribution in [2.75, 3.05) is 5.75 Å². The Labute approximate surface area is 116 Å². The van der Waals surface area contributed by atoms with Gasteiger partial charge in [-0.15, -0.1) is 0 Å². The Morgan fingerprint density at radius 2 is 2.05 bits per heavy atom. The number of hydrogen-bond acceptors (Lipinski definition) is 3. The van der Waals surface area contributed by atoms with E-state index in [4.69, 9.17) is 5.73 Å². The molecule has 0 aromatic heterocycles. The lowest BCUT2D eigenvalue weighted by atomic mass is 9.88. The van der Waals surface area contributed by atoms with Gasteiger partial charge in [0.1, 0.15) is 0 Å². The summed E-state index contributed by atoms with van der Waals surface area (Å²) in [6.45, 7) is 4.01. The number of rotatable bonds is 4. The van der Waals surface area contributed by atoms with E-state index in [9.17, 15) is 8.42 Å². The Hall–Kier alpha value is -0.870. The van der Waals surface area contributed by atoms with Gasteiger partial charge in [0.15, 0.2) is 9.84 Å². The van der Waals surface area contributed by atoms with Crippen molar-refractivity contribution in [2.24, 2.45) is 11.7 Å². The van der Waals surface area contributed by atoms with Crippen LogP contribution in [0.1, 0.15) is 43.9 Å². The molecule has 3 nitrogen and oxygen atoms in total. The zero-order valence-electron chi connectivity index (χ0n) is 11.7. The number of hydrogen-bond donors (Lipinski definition) is 1. The van der Waals surface area contributed by atoms with E-state index in [1.54, 1.807) is 0 Å². The molecule has 1 aromatic rings. The van der Waals surface area contributed by atoms with E-state index in [1.807, 2.05) is 38.1 Å². The number of nitrogens with two attached hydrogens (primary N) is 1. The fourth-order valence-electron chi connectivity index (χ4n) is 2.81. The number of sulfone groups is 1. The highest BCUT2D eigenvalue weighted by atomic mass is 32.2. The van der Waals surface area contributed by atoms with Crippen molar-refractivity contribution < 1.29 is 8.42 Å². The van der Waals surface area contributed by atoms with E-state index in [0.717, 1.165) is 18.4 Å². The molecule has 0 spiro atoms. The Kier molecular flexibility index (Phi) is 4.31. The Bertz CT molecular complexity index is 539. The van der Waals surface area contributed by atoms with Crippen molar-refractivity contribution >= 4 is 9.84 Å². The first-order valence-corrected chi connectivity index (χ1v) is 8.72.